The van der Waals surface area contributed by atoms with Crippen molar-refractivity contribution in [3.63, 3.8) is 0 Å². The van der Waals surface area contributed by atoms with Crippen molar-refractivity contribution in [2.75, 3.05) is 25.0 Å². The number of piperidine rings is 1. The molecule has 1 amide bonds. The van der Waals surface area contributed by atoms with Crippen LogP contribution in [0.3, 0.4) is 0 Å². The molecule has 3 rings (SSSR count). The lowest BCUT2D eigenvalue weighted by Gasteiger charge is -2.23. The molecule has 1 aromatic heterocycles. The summed E-state index contributed by atoms with van der Waals surface area (Å²) in [6.07, 6.45) is 3.82. The van der Waals surface area contributed by atoms with E-state index in [1.807, 2.05) is 0 Å². The van der Waals surface area contributed by atoms with E-state index in [1.54, 1.807) is 36.5 Å². The van der Waals surface area contributed by atoms with Gasteiger partial charge in [0.2, 0.25) is 0 Å². The van der Waals surface area contributed by atoms with Crippen LogP contribution in [0.15, 0.2) is 42.6 Å². The van der Waals surface area contributed by atoms with Crippen LogP contribution in [-0.2, 0) is 0 Å². The minimum atomic E-state index is -0.386. The molecule has 5 nitrogen and oxygen atoms in total. The van der Waals surface area contributed by atoms with E-state index in [9.17, 15) is 9.18 Å². The van der Waals surface area contributed by atoms with Crippen molar-refractivity contribution < 1.29 is 9.18 Å². The number of pyridine rings is 1. The van der Waals surface area contributed by atoms with Crippen molar-refractivity contribution >= 4 is 42.2 Å². The Balaban J connectivity index is 0.00000169. The number of nitrogens with zero attached hydrogens (tertiary/aromatic N) is 1. The highest BCUT2D eigenvalue weighted by Gasteiger charge is 2.17. The number of amides is 1. The largest absolute Gasteiger partial charge is 0.352 e. The van der Waals surface area contributed by atoms with Crippen LogP contribution in [0.2, 0.25) is 0 Å². The Labute approximate surface area is 165 Å². The molecule has 0 bridgehead atoms. The summed E-state index contributed by atoms with van der Waals surface area (Å²) in [6, 6.07) is 9.70. The summed E-state index contributed by atoms with van der Waals surface area (Å²) < 4.78 is 13.8. The van der Waals surface area contributed by atoms with Crippen LogP contribution in [0.5, 0.6) is 0 Å². The Kier molecular flexibility index (Phi) is 9.34. The average Bonchev–Trinajstić information content (AvgIpc) is 2.63. The number of aromatic nitrogens is 1. The van der Waals surface area contributed by atoms with Gasteiger partial charge in [0.15, 0.2) is 0 Å². The van der Waals surface area contributed by atoms with Crippen LogP contribution in [0, 0.1) is 11.7 Å². The third kappa shape index (κ3) is 5.83. The second-order valence-electron chi connectivity index (χ2n) is 5.93. The number of hydrogen-bond acceptors (Lipinski definition) is 4. The lowest BCUT2D eigenvalue weighted by molar-refractivity contribution is 0.0945. The molecule has 0 spiro atoms. The van der Waals surface area contributed by atoms with E-state index in [2.05, 4.69) is 20.9 Å². The predicted molar refractivity (Wildman–Crippen MR) is 106 cm³/mol. The number of hydrogen-bond donors (Lipinski definition) is 3. The van der Waals surface area contributed by atoms with Gasteiger partial charge in [0.1, 0.15) is 11.6 Å². The van der Waals surface area contributed by atoms with Gasteiger partial charge >= 0.3 is 0 Å². The zero-order valence-electron chi connectivity index (χ0n) is 14.2. The van der Waals surface area contributed by atoms with Crippen molar-refractivity contribution in [3.8, 4) is 0 Å². The molecular formula is C18H23Cl2FN4O. The van der Waals surface area contributed by atoms with E-state index in [0.717, 1.165) is 25.9 Å². The zero-order chi connectivity index (χ0) is 16.8. The summed E-state index contributed by atoms with van der Waals surface area (Å²) in [4.78, 5) is 16.7. The Morgan fingerprint density at radius 2 is 2.04 bits per heavy atom. The molecule has 0 radical (unpaired) electrons. The molecule has 1 unspecified atom stereocenters. The molecule has 1 aliphatic heterocycles. The third-order valence-electron chi connectivity index (χ3n) is 4.13. The Hall–Kier alpha value is -1.89. The van der Waals surface area contributed by atoms with E-state index in [-0.39, 0.29) is 36.5 Å². The van der Waals surface area contributed by atoms with E-state index < -0.39 is 0 Å². The first kappa shape index (κ1) is 22.2. The molecular weight excluding hydrogens is 378 g/mol. The topological polar surface area (TPSA) is 66.0 Å². The van der Waals surface area contributed by atoms with Gasteiger partial charge in [-0.3, -0.25) is 4.79 Å². The normalized spacial score (nSPS) is 16.0. The average molecular weight is 401 g/mol. The maximum Gasteiger partial charge on any atom is 0.255 e. The second kappa shape index (κ2) is 11.0. The molecule has 1 saturated heterocycles. The van der Waals surface area contributed by atoms with Gasteiger partial charge in [0.05, 0.1) is 11.3 Å². The molecule has 2 heterocycles. The van der Waals surface area contributed by atoms with Crippen LogP contribution >= 0.6 is 24.8 Å². The summed E-state index contributed by atoms with van der Waals surface area (Å²) >= 11 is 0. The molecule has 1 fully saturated rings. The summed E-state index contributed by atoms with van der Waals surface area (Å²) in [5.74, 6) is 0.208. The number of carbonyl (C=O) groups is 1. The van der Waals surface area contributed by atoms with Gasteiger partial charge in [-0.05, 0) is 56.1 Å². The van der Waals surface area contributed by atoms with Crippen molar-refractivity contribution in [2.24, 2.45) is 5.92 Å². The molecule has 142 valence electrons. The van der Waals surface area contributed by atoms with Crippen LogP contribution in [0.1, 0.15) is 23.2 Å². The summed E-state index contributed by atoms with van der Waals surface area (Å²) in [5.41, 5.74) is 0.700. The van der Waals surface area contributed by atoms with Gasteiger partial charge in [0, 0.05) is 12.7 Å². The fraction of sp³-hybridized carbons (Fsp3) is 0.333. The summed E-state index contributed by atoms with van der Waals surface area (Å²) in [7, 11) is 0. The first-order valence-corrected chi connectivity index (χ1v) is 8.19. The highest BCUT2D eigenvalue weighted by Crippen LogP contribution is 2.21. The number of carbonyl (C=O) groups excluding carboxylic acids is 1. The number of anilines is 2. The molecule has 1 atom stereocenters. The Morgan fingerprint density at radius 1 is 1.23 bits per heavy atom. The summed E-state index contributed by atoms with van der Waals surface area (Å²) in [5, 5.41) is 9.19. The lowest BCUT2D eigenvalue weighted by Crippen LogP contribution is -2.38. The van der Waals surface area contributed by atoms with Crippen molar-refractivity contribution in [3.05, 3.63) is 54.0 Å². The number of nitrogens with one attached hydrogen (secondary N) is 3. The summed E-state index contributed by atoms with van der Waals surface area (Å²) in [6.45, 7) is 2.59. The lowest BCUT2D eigenvalue weighted by atomic mass is 10.00. The molecule has 2 aromatic rings. The quantitative estimate of drug-likeness (QED) is 0.717. The predicted octanol–water partition coefficient (Wildman–Crippen LogP) is 3.54. The SMILES string of the molecule is Cl.Cl.O=C(NCC1CCCNC1)c1cccnc1Nc1ccccc1F. The highest BCUT2D eigenvalue weighted by atomic mass is 35.5. The number of benzene rings is 1. The van der Waals surface area contributed by atoms with E-state index in [0.29, 0.717) is 29.5 Å². The Bertz CT molecular complexity index is 711. The van der Waals surface area contributed by atoms with Crippen LogP contribution in [-0.4, -0.2) is 30.5 Å². The second-order valence-corrected chi connectivity index (χ2v) is 5.93. The van der Waals surface area contributed by atoms with Crippen LogP contribution in [0.25, 0.3) is 0 Å². The number of rotatable bonds is 5. The van der Waals surface area contributed by atoms with E-state index in [1.165, 1.54) is 6.07 Å². The van der Waals surface area contributed by atoms with Crippen LogP contribution in [0.4, 0.5) is 15.9 Å². The molecule has 1 aromatic carbocycles. The maximum atomic E-state index is 13.8. The number of halogens is 3. The standard InChI is InChI=1S/C18H21FN4O.2ClH/c19-15-7-1-2-8-16(15)23-17-14(6-4-10-21-17)18(24)22-12-13-5-3-9-20-11-13;;/h1-2,4,6-8,10,13,20H,3,5,9,11-12H2,(H,21,23)(H,22,24);2*1H. The molecule has 3 N–H and O–H groups in total. The minimum Gasteiger partial charge on any atom is -0.352 e. The van der Waals surface area contributed by atoms with Gasteiger partial charge in [-0.15, -0.1) is 24.8 Å². The fourth-order valence-corrected chi connectivity index (χ4v) is 2.81. The highest BCUT2D eigenvalue weighted by molar-refractivity contribution is 5.99. The molecule has 0 saturated carbocycles. The molecule has 1 aliphatic rings. The third-order valence-corrected chi connectivity index (χ3v) is 4.13. The zero-order valence-corrected chi connectivity index (χ0v) is 15.8. The number of para-hydroxylation sites is 1. The monoisotopic (exact) mass is 400 g/mol. The van der Waals surface area contributed by atoms with Crippen LogP contribution < -0.4 is 16.0 Å². The van der Waals surface area contributed by atoms with Gasteiger partial charge in [-0.25, -0.2) is 9.37 Å². The van der Waals surface area contributed by atoms with Gasteiger partial charge in [-0.2, -0.15) is 0 Å². The first-order valence-electron chi connectivity index (χ1n) is 8.19. The fourth-order valence-electron chi connectivity index (χ4n) is 2.81. The first-order chi connectivity index (χ1) is 11.7. The molecule has 26 heavy (non-hydrogen) atoms. The van der Waals surface area contributed by atoms with Crippen molar-refractivity contribution in [2.45, 2.75) is 12.8 Å². The van der Waals surface area contributed by atoms with Gasteiger partial charge in [0.25, 0.3) is 5.91 Å². The van der Waals surface area contributed by atoms with Gasteiger partial charge < -0.3 is 16.0 Å². The van der Waals surface area contributed by atoms with Gasteiger partial charge in [-0.1, -0.05) is 12.1 Å². The smallest absolute Gasteiger partial charge is 0.255 e. The maximum absolute atomic E-state index is 13.8. The van der Waals surface area contributed by atoms with E-state index >= 15 is 0 Å². The minimum absolute atomic E-state index is 0. The Morgan fingerprint density at radius 3 is 2.77 bits per heavy atom. The molecule has 8 heteroatoms. The van der Waals surface area contributed by atoms with Crippen molar-refractivity contribution in [1.29, 1.82) is 0 Å². The van der Waals surface area contributed by atoms with E-state index in [4.69, 9.17) is 0 Å². The van der Waals surface area contributed by atoms with Crippen molar-refractivity contribution in [1.82, 2.24) is 15.6 Å². The molecule has 0 aliphatic carbocycles.